The summed E-state index contributed by atoms with van der Waals surface area (Å²) in [5, 5.41) is 3.22. The van der Waals surface area contributed by atoms with Crippen LogP contribution < -0.4 is 5.32 Å². The number of rotatable bonds is 8. The van der Waals surface area contributed by atoms with Gasteiger partial charge in [-0.1, -0.05) is 30.3 Å². The number of morpholine rings is 1. The molecule has 2 fully saturated rings. The lowest BCUT2D eigenvalue weighted by molar-refractivity contribution is -0.149. The fraction of sp³-hybridized carbons (Fsp3) is 0.652. The SMILES string of the molecule is CCOC(=O)C1CCN(CC(=O)N[C@@H](C)[C@H](c2ccccc2)N2CCOCC2)CC1. The third-order valence-electron chi connectivity index (χ3n) is 6.02. The van der Waals surface area contributed by atoms with E-state index >= 15 is 0 Å². The van der Waals surface area contributed by atoms with Crippen molar-refractivity contribution in [3.05, 3.63) is 35.9 Å². The van der Waals surface area contributed by atoms with E-state index in [9.17, 15) is 9.59 Å². The minimum absolute atomic E-state index is 0.0185. The first kappa shape index (κ1) is 22.7. The summed E-state index contributed by atoms with van der Waals surface area (Å²) in [6.07, 6.45) is 1.50. The highest BCUT2D eigenvalue weighted by Gasteiger charge is 2.30. The van der Waals surface area contributed by atoms with Crippen molar-refractivity contribution in [1.29, 1.82) is 0 Å². The van der Waals surface area contributed by atoms with Crippen LogP contribution in [-0.4, -0.2) is 80.3 Å². The van der Waals surface area contributed by atoms with Gasteiger partial charge in [-0.3, -0.25) is 19.4 Å². The molecule has 3 rings (SSSR count). The van der Waals surface area contributed by atoms with E-state index in [4.69, 9.17) is 9.47 Å². The number of esters is 1. The fourth-order valence-electron chi connectivity index (χ4n) is 4.49. The number of hydrogen-bond donors (Lipinski definition) is 1. The number of nitrogens with one attached hydrogen (secondary N) is 1. The molecular formula is C23H35N3O4. The molecule has 1 aromatic rings. The smallest absolute Gasteiger partial charge is 0.309 e. The molecule has 1 N–H and O–H groups in total. The van der Waals surface area contributed by atoms with Gasteiger partial charge in [0.2, 0.25) is 5.91 Å². The number of likely N-dealkylation sites (tertiary alicyclic amines) is 1. The molecule has 1 amide bonds. The first-order valence-corrected chi connectivity index (χ1v) is 11.1. The predicted molar refractivity (Wildman–Crippen MR) is 115 cm³/mol. The van der Waals surface area contributed by atoms with Crippen LogP contribution in [0.2, 0.25) is 0 Å². The molecule has 2 heterocycles. The van der Waals surface area contributed by atoms with Crippen LogP contribution in [0.15, 0.2) is 30.3 Å². The summed E-state index contributed by atoms with van der Waals surface area (Å²) < 4.78 is 10.6. The highest BCUT2D eigenvalue weighted by atomic mass is 16.5. The van der Waals surface area contributed by atoms with Gasteiger partial charge in [0, 0.05) is 19.1 Å². The van der Waals surface area contributed by atoms with E-state index in [0.717, 1.165) is 52.2 Å². The Balaban J connectivity index is 1.53. The number of carbonyl (C=O) groups excluding carboxylic acids is 2. The molecule has 0 aromatic heterocycles. The number of nitrogens with zero attached hydrogens (tertiary/aromatic N) is 2. The van der Waals surface area contributed by atoms with E-state index < -0.39 is 0 Å². The zero-order valence-corrected chi connectivity index (χ0v) is 18.2. The molecule has 0 unspecified atom stereocenters. The second-order valence-corrected chi connectivity index (χ2v) is 8.16. The maximum Gasteiger partial charge on any atom is 0.309 e. The maximum atomic E-state index is 12.8. The second kappa shape index (κ2) is 11.4. The van der Waals surface area contributed by atoms with Crippen molar-refractivity contribution >= 4 is 11.9 Å². The molecule has 30 heavy (non-hydrogen) atoms. The Labute approximate surface area is 179 Å². The molecule has 0 aliphatic carbocycles. The number of amides is 1. The lowest BCUT2D eigenvalue weighted by Crippen LogP contribution is -2.50. The molecule has 0 radical (unpaired) electrons. The normalized spacial score (nSPS) is 21.0. The zero-order valence-electron chi connectivity index (χ0n) is 18.2. The number of hydrogen-bond acceptors (Lipinski definition) is 6. The van der Waals surface area contributed by atoms with E-state index in [2.05, 4.69) is 34.2 Å². The predicted octanol–water partition coefficient (Wildman–Crippen LogP) is 1.84. The Kier molecular flexibility index (Phi) is 8.66. The van der Waals surface area contributed by atoms with E-state index in [0.29, 0.717) is 13.2 Å². The van der Waals surface area contributed by atoms with Crippen molar-refractivity contribution in [2.75, 3.05) is 52.5 Å². The summed E-state index contributed by atoms with van der Waals surface area (Å²) in [6.45, 7) is 9.36. The van der Waals surface area contributed by atoms with Crippen LogP contribution in [0.1, 0.15) is 38.3 Å². The van der Waals surface area contributed by atoms with Crippen LogP contribution >= 0.6 is 0 Å². The molecule has 7 heteroatoms. The van der Waals surface area contributed by atoms with Crippen LogP contribution in [0.5, 0.6) is 0 Å². The van der Waals surface area contributed by atoms with Crippen molar-refractivity contribution in [3.63, 3.8) is 0 Å². The van der Waals surface area contributed by atoms with Gasteiger partial charge in [-0.15, -0.1) is 0 Å². The summed E-state index contributed by atoms with van der Waals surface area (Å²) in [5.74, 6) is -0.107. The summed E-state index contributed by atoms with van der Waals surface area (Å²) in [5.41, 5.74) is 1.21. The Morgan fingerprint density at radius 2 is 1.80 bits per heavy atom. The van der Waals surface area contributed by atoms with E-state index in [1.807, 2.05) is 25.1 Å². The van der Waals surface area contributed by atoms with E-state index in [1.54, 1.807) is 0 Å². The molecule has 166 valence electrons. The van der Waals surface area contributed by atoms with Crippen LogP contribution in [0.3, 0.4) is 0 Å². The van der Waals surface area contributed by atoms with Gasteiger partial charge in [-0.05, 0) is 45.3 Å². The number of piperidine rings is 1. The lowest BCUT2D eigenvalue weighted by Gasteiger charge is -2.38. The van der Waals surface area contributed by atoms with Gasteiger partial charge in [0.15, 0.2) is 0 Å². The van der Waals surface area contributed by atoms with Gasteiger partial charge in [0.05, 0.1) is 38.3 Å². The monoisotopic (exact) mass is 417 g/mol. The molecule has 7 nitrogen and oxygen atoms in total. The zero-order chi connectivity index (χ0) is 21.3. The Morgan fingerprint density at radius 1 is 1.13 bits per heavy atom. The third kappa shape index (κ3) is 6.27. The van der Waals surface area contributed by atoms with Crippen molar-refractivity contribution < 1.29 is 19.1 Å². The average Bonchev–Trinajstić information content (AvgIpc) is 2.76. The Bertz CT molecular complexity index is 670. The van der Waals surface area contributed by atoms with Gasteiger partial charge in [-0.2, -0.15) is 0 Å². The van der Waals surface area contributed by atoms with Gasteiger partial charge >= 0.3 is 5.97 Å². The molecule has 2 saturated heterocycles. The molecule has 2 atom stereocenters. The van der Waals surface area contributed by atoms with Crippen LogP contribution in [0, 0.1) is 5.92 Å². The minimum Gasteiger partial charge on any atom is -0.466 e. The molecule has 0 saturated carbocycles. The second-order valence-electron chi connectivity index (χ2n) is 8.16. The Morgan fingerprint density at radius 3 is 2.43 bits per heavy atom. The van der Waals surface area contributed by atoms with E-state index in [-0.39, 0.29) is 29.9 Å². The number of ether oxygens (including phenoxy) is 2. The van der Waals surface area contributed by atoms with Crippen molar-refractivity contribution in [2.24, 2.45) is 5.92 Å². The molecular weight excluding hydrogens is 382 g/mol. The molecule has 0 spiro atoms. The molecule has 2 aliphatic rings. The fourth-order valence-corrected chi connectivity index (χ4v) is 4.49. The molecule has 2 aliphatic heterocycles. The van der Waals surface area contributed by atoms with E-state index in [1.165, 1.54) is 5.56 Å². The van der Waals surface area contributed by atoms with Gasteiger partial charge in [0.25, 0.3) is 0 Å². The van der Waals surface area contributed by atoms with Gasteiger partial charge in [-0.25, -0.2) is 0 Å². The molecule has 1 aromatic carbocycles. The molecule has 0 bridgehead atoms. The standard InChI is InChI=1S/C23H35N3O4/c1-3-30-23(28)20-9-11-25(12-10-20)17-21(27)24-18(2)22(19-7-5-4-6-8-19)26-13-15-29-16-14-26/h4-8,18,20,22H,3,9-17H2,1-2H3,(H,24,27)/t18-,22+/m0/s1. The summed E-state index contributed by atoms with van der Waals surface area (Å²) >= 11 is 0. The average molecular weight is 418 g/mol. The van der Waals surface area contributed by atoms with Crippen LogP contribution in [-0.2, 0) is 19.1 Å². The first-order valence-electron chi connectivity index (χ1n) is 11.1. The number of carbonyl (C=O) groups is 2. The maximum absolute atomic E-state index is 12.8. The van der Waals surface area contributed by atoms with Gasteiger partial charge in [0.1, 0.15) is 0 Å². The Hall–Kier alpha value is -1.96. The van der Waals surface area contributed by atoms with Gasteiger partial charge < -0.3 is 14.8 Å². The van der Waals surface area contributed by atoms with Crippen molar-refractivity contribution in [3.8, 4) is 0 Å². The van der Waals surface area contributed by atoms with Crippen molar-refractivity contribution in [1.82, 2.24) is 15.1 Å². The van der Waals surface area contributed by atoms with Crippen molar-refractivity contribution in [2.45, 2.75) is 38.8 Å². The minimum atomic E-state index is -0.105. The summed E-state index contributed by atoms with van der Waals surface area (Å²) in [6, 6.07) is 10.5. The number of benzene rings is 1. The van der Waals surface area contributed by atoms with Crippen LogP contribution in [0.25, 0.3) is 0 Å². The topological polar surface area (TPSA) is 71.1 Å². The first-order chi connectivity index (χ1) is 14.6. The lowest BCUT2D eigenvalue weighted by atomic mass is 9.96. The highest BCUT2D eigenvalue weighted by molar-refractivity contribution is 5.78. The largest absolute Gasteiger partial charge is 0.466 e. The summed E-state index contributed by atoms with van der Waals surface area (Å²) in [7, 11) is 0. The summed E-state index contributed by atoms with van der Waals surface area (Å²) in [4.78, 5) is 29.2. The quantitative estimate of drug-likeness (QED) is 0.651. The highest BCUT2D eigenvalue weighted by Crippen LogP contribution is 2.25. The van der Waals surface area contributed by atoms with Crippen LogP contribution in [0.4, 0.5) is 0 Å². The third-order valence-corrected chi connectivity index (χ3v) is 6.02.